The van der Waals surface area contributed by atoms with Gasteiger partial charge in [0.15, 0.2) is 0 Å². The van der Waals surface area contributed by atoms with E-state index in [-0.39, 0.29) is 48.7 Å². The van der Waals surface area contributed by atoms with E-state index in [9.17, 15) is 22.4 Å². The Morgan fingerprint density at radius 2 is 1.85 bits per heavy atom. The number of methoxy groups -OCH3 is 1. The van der Waals surface area contributed by atoms with Crippen LogP contribution in [0.2, 0.25) is 0 Å². The third-order valence-electron chi connectivity index (χ3n) is 6.24. The fraction of sp³-hybridized carbons (Fsp3) is 0.458. The van der Waals surface area contributed by atoms with Gasteiger partial charge in [0.05, 0.1) is 23.9 Å². The van der Waals surface area contributed by atoms with Gasteiger partial charge in [-0.25, -0.2) is 22.5 Å². The molecule has 2 aliphatic rings. The van der Waals surface area contributed by atoms with Gasteiger partial charge in [-0.05, 0) is 42.9 Å². The first-order valence-electron chi connectivity index (χ1n) is 11.0. The summed E-state index contributed by atoms with van der Waals surface area (Å²) in [7, 11) is 1.40. The highest BCUT2D eigenvalue weighted by Gasteiger charge is 2.36. The molecule has 1 radical (unpaired) electrons. The Morgan fingerprint density at radius 1 is 1.18 bits per heavy atom. The van der Waals surface area contributed by atoms with Crippen LogP contribution in [0.4, 0.5) is 23.2 Å². The van der Waals surface area contributed by atoms with Gasteiger partial charge in [0.25, 0.3) is 5.91 Å². The molecule has 1 aromatic heterocycles. The molecule has 0 spiro atoms. The Morgan fingerprint density at radius 3 is 2.42 bits per heavy atom. The zero-order valence-electron chi connectivity index (χ0n) is 18.6. The van der Waals surface area contributed by atoms with E-state index in [4.69, 9.17) is 4.74 Å². The van der Waals surface area contributed by atoms with E-state index in [2.05, 4.69) is 10.3 Å². The molecule has 1 aliphatic heterocycles. The van der Waals surface area contributed by atoms with Gasteiger partial charge in [0.1, 0.15) is 11.6 Å². The SMILES string of the molecule is COc1ncc(C(=O)NC2CCC(F)(F)CC2)c(N2CC[C](C)C2)c1-c1cc(F)cc(F)c1. The highest BCUT2D eigenvalue weighted by molar-refractivity contribution is 6.04. The first-order valence-corrected chi connectivity index (χ1v) is 11.0. The molecule has 5 nitrogen and oxygen atoms in total. The zero-order chi connectivity index (χ0) is 23.8. The average Bonchev–Trinajstić information content (AvgIpc) is 3.19. The summed E-state index contributed by atoms with van der Waals surface area (Å²) in [6, 6.07) is 2.73. The molecule has 2 aromatic rings. The minimum atomic E-state index is -2.70. The Balaban J connectivity index is 1.77. The summed E-state index contributed by atoms with van der Waals surface area (Å²) < 4.78 is 60.6. The Kier molecular flexibility index (Phi) is 6.50. The molecule has 1 N–H and O–H groups in total. The van der Waals surface area contributed by atoms with Gasteiger partial charge in [0, 0.05) is 44.2 Å². The van der Waals surface area contributed by atoms with E-state index >= 15 is 0 Å². The summed E-state index contributed by atoms with van der Waals surface area (Å²) in [6.45, 7) is 3.18. The van der Waals surface area contributed by atoms with Crippen LogP contribution in [0, 0.1) is 17.6 Å². The monoisotopic (exact) mass is 464 g/mol. The minimum Gasteiger partial charge on any atom is -0.480 e. The second-order valence-electron chi connectivity index (χ2n) is 8.80. The number of amides is 1. The lowest BCUT2D eigenvalue weighted by molar-refractivity contribution is -0.0399. The molecule has 4 rings (SSSR count). The van der Waals surface area contributed by atoms with Crippen LogP contribution in [0.5, 0.6) is 5.88 Å². The van der Waals surface area contributed by atoms with Crippen molar-refractivity contribution in [3.63, 3.8) is 0 Å². The molecule has 1 aromatic carbocycles. The van der Waals surface area contributed by atoms with Crippen LogP contribution in [-0.4, -0.2) is 43.1 Å². The second-order valence-corrected chi connectivity index (χ2v) is 8.80. The van der Waals surface area contributed by atoms with Gasteiger partial charge in [-0.2, -0.15) is 0 Å². The number of carbonyl (C=O) groups is 1. The summed E-state index contributed by atoms with van der Waals surface area (Å²) in [5.74, 6) is -3.36. The van der Waals surface area contributed by atoms with Gasteiger partial charge < -0.3 is 15.0 Å². The van der Waals surface area contributed by atoms with Crippen LogP contribution in [0.1, 0.15) is 49.4 Å². The number of pyridine rings is 1. The standard InChI is InChI=1S/C24H26F4N3O2/c1-14-5-8-31(13-14)21-19(22(32)30-18-3-6-24(27,28)7-4-18)12-29-23(33-2)20(21)15-9-16(25)11-17(26)10-15/h9-12,18H,3-8,13H2,1-2H3,(H,30,32). The first-order chi connectivity index (χ1) is 15.7. The largest absolute Gasteiger partial charge is 0.480 e. The molecule has 1 saturated carbocycles. The van der Waals surface area contributed by atoms with Crippen molar-refractivity contribution in [3.05, 3.63) is 47.5 Å². The zero-order valence-corrected chi connectivity index (χ0v) is 18.6. The predicted octanol–water partition coefficient (Wildman–Crippen LogP) is 5.15. The number of benzene rings is 1. The van der Waals surface area contributed by atoms with Crippen molar-refractivity contribution in [2.75, 3.05) is 25.1 Å². The molecule has 2 fully saturated rings. The van der Waals surface area contributed by atoms with Crippen LogP contribution in [-0.2, 0) is 0 Å². The van der Waals surface area contributed by atoms with E-state index in [1.165, 1.54) is 31.4 Å². The quantitative estimate of drug-likeness (QED) is 0.622. The molecule has 33 heavy (non-hydrogen) atoms. The fourth-order valence-electron chi connectivity index (χ4n) is 4.54. The number of hydrogen-bond donors (Lipinski definition) is 1. The van der Waals surface area contributed by atoms with E-state index in [0.29, 0.717) is 24.3 Å². The molecule has 0 bridgehead atoms. The fourth-order valence-corrected chi connectivity index (χ4v) is 4.54. The van der Waals surface area contributed by atoms with Crippen molar-refractivity contribution in [2.24, 2.45) is 0 Å². The van der Waals surface area contributed by atoms with Gasteiger partial charge in [-0.3, -0.25) is 4.79 Å². The molecule has 1 aliphatic carbocycles. The topological polar surface area (TPSA) is 54.5 Å². The van der Waals surface area contributed by atoms with Crippen molar-refractivity contribution >= 4 is 11.6 Å². The molecular weight excluding hydrogens is 438 g/mol. The van der Waals surface area contributed by atoms with E-state index in [0.717, 1.165) is 12.5 Å². The van der Waals surface area contributed by atoms with Gasteiger partial charge in [-0.1, -0.05) is 6.92 Å². The molecule has 2 heterocycles. The number of ether oxygens (including phenoxy) is 1. The maximum Gasteiger partial charge on any atom is 0.255 e. The molecule has 0 atom stereocenters. The molecule has 9 heteroatoms. The Labute approximate surface area is 190 Å². The van der Waals surface area contributed by atoms with Crippen molar-refractivity contribution < 1.29 is 27.1 Å². The maximum atomic E-state index is 14.1. The summed E-state index contributed by atoms with van der Waals surface area (Å²) in [4.78, 5) is 19.5. The van der Waals surface area contributed by atoms with Crippen LogP contribution in [0.25, 0.3) is 11.1 Å². The number of nitrogens with zero attached hydrogens (tertiary/aromatic N) is 2. The lowest BCUT2D eigenvalue weighted by Crippen LogP contribution is -2.41. The summed E-state index contributed by atoms with van der Waals surface area (Å²) in [5, 5.41) is 2.85. The minimum absolute atomic E-state index is 0.133. The van der Waals surface area contributed by atoms with Crippen LogP contribution in [0.15, 0.2) is 24.4 Å². The molecule has 1 saturated heterocycles. The van der Waals surface area contributed by atoms with Gasteiger partial charge >= 0.3 is 0 Å². The summed E-state index contributed by atoms with van der Waals surface area (Å²) >= 11 is 0. The first kappa shape index (κ1) is 23.3. The normalized spacial score (nSPS) is 19.0. The number of aromatic nitrogens is 1. The summed E-state index contributed by atoms with van der Waals surface area (Å²) in [5.41, 5.74) is 1.18. The number of anilines is 1. The number of rotatable bonds is 5. The average molecular weight is 464 g/mol. The Hall–Kier alpha value is -2.84. The molecule has 1 amide bonds. The molecule has 177 valence electrons. The van der Waals surface area contributed by atoms with Crippen molar-refractivity contribution in [1.82, 2.24) is 10.3 Å². The molecular formula is C24H26F4N3O2. The van der Waals surface area contributed by atoms with Crippen molar-refractivity contribution in [2.45, 2.75) is 51.0 Å². The third-order valence-corrected chi connectivity index (χ3v) is 6.24. The van der Waals surface area contributed by atoms with Crippen LogP contribution in [0.3, 0.4) is 0 Å². The lowest BCUT2D eigenvalue weighted by atomic mass is 9.92. The van der Waals surface area contributed by atoms with E-state index < -0.39 is 23.5 Å². The van der Waals surface area contributed by atoms with Crippen molar-refractivity contribution in [3.8, 4) is 17.0 Å². The van der Waals surface area contributed by atoms with Crippen LogP contribution >= 0.6 is 0 Å². The number of carbonyl (C=O) groups excluding carboxylic acids is 1. The van der Waals surface area contributed by atoms with Crippen LogP contribution < -0.4 is 15.0 Å². The second kappa shape index (κ2) is 9.19. The van der Waals surface area contributed by atoms with E-state index in [1.807, 2.05) is 11.8 Å². The number of alkyl halides is 2. The van der Waals surface area contributed by atoms with Crippen molar-refractivity contribution in [1.29, 1.82) is 0 Å². The molecule has 0 unspecified atom stereocenters. The smallest absolute Gasteiger partial charge is 0.255 e. The van der Waals surface area contributed by atoms with E-state index in [1.54, 1.807) is 0 Å². The Bertz CT molecular complexity index is 1020. The maximum absolute atomic E-state index is 14.1. The van der Waals surface area contributed by atoms with Gasteiger partial charge in [-0.15, -0.1) is 0 Å². The highest BCUT2D eigenvalue weighted by atomic mass is 19.3. The number of halogens is 4. The third kappa shape index (κ3) is 5.07. The lowest BCUT2D eigenvalue weighted by Gasteiger charge is -2.30. The number of nitrogens with one attached hydrogen (secondary N) is 1. The highest BCUT2D eigenvalue weighted by Crippen LogP contribution is 2.42. The summed E-state index contributed by atoms with van der Waals surface area (Å²) in [6.07, 6.45) is 1.97. The predicted molar refractivity (Wildman–Crippen MR) is 117 cm³/mol. The number of hydrogen-bond acceptors (Lipinski definition) is 4. The van der Waals surface area contributed by atoms with Gasteiger partial charge in [0.2, 0.25) is 11.8 Å².